The highest BCUT2D eigenvalue weighted by Gasteiger charge is 1.98. The Morgan fingerprint density at radius 3 is 1.68 bits per heavy atom. The van der Waals surface area contributed by atoms with Crippen LogP contribution in [0.2, 0.25) is 0 Å². The Balaban J connectivity index is 0.00000178. The van der Waals surface area contributed by atoms with Gasteiger partial charge in [0.25, 0.3) is 0 Å². The summed E-state index contributed by atoms with van der Waals surface area (Å²) in [6.45, 7) is 4.99. The second kappa shape index (κ2) is 19.1. The average Bonchev–Trinajstić information content (AvgIpc) is 2.61. The van der Waals surface area contributed by atoms with E-state index in [9.17, 15) is 0 Å². The number of anilines is 1. The number of ether oxygens (including phenoxy) is 1. The van der Waals surface area contributed by atoms with Gasteiger partial charge in [-0.25, -0.2) is 0 Å². The maximum Gasteiger partial charge on any atom is 0.142 e. The number of nitrogen functional groups attached to an aromatic ring is 1. The van der Waals surface area contributed by atoms with Crippen molar-refractivity contribution in [2.75, 3.05) is 18.9 Å². The molecule has 0 saturated heterocycles. The van der Waals surface area contributed by atoms with Crippen LogP contribution >= 0.6 is 0 Å². The zero-order valence-electron chi connectivity index (χ0n) is 16.6. The van der Waals surface area contributed by atoms with Gasteiger partial charge in [-0.15, -0.1) is 0 Å². The third kappa shape index (κ3) is 16.0. The number of nitrogens with two attached hydrogens (primary N) is 1. The Morgan fingerprint density at radius 2 is 1.20 bits per heavy atom. The summed E-state index contributed by atoms with van der Waals surface area (Å²) >= 11 is 0. The lowest BCUT2D eigenvalue weighted by molar-refractivity contribution is 0.306. The van der Waals surface area contributed by atoms with Crippen molar-refractivity contribution in [3.05, 3.63) is 24.3 Å². The van der Waals surface area contributed by atoms with E-state index in [1.165, 1.54) is 70.6 Å². The molecule has 1 rings (SSSR count). The molecule has 3 N–H and O–H groups in total. The van der Waals surface area contributed by atoms with Crippen molar-refractivity contribution in [1.29, 1.82) is 0 Å². The summed E-state index contributed by atoms with van der Waals surface area (Å²) in [4.78, 5) is 0. The van der Waals surface area contributed by atoms with Gasteiger partial charge in [-0.05, 0) is 25.5 Å². The van der Waals surface area contributed by atoms with Crippen molar-refractivity contribution in [3.8, 4) is 5.75 Å². The Hall–Kier alpha value is -1.22. The van der Waals surface area contributed by atoms with Crippen molar-refractivity contribution in [1.82, 2.24) is 0 Å². The fourth-order valence-electron chi connectivity index (χ4n) is 2.74. The topological polar surface area (TPSA) is 55.5 Å². The lowest BCUT2D eigenvalue weighted by atomic mass is 10.1. The van der Waals surface area contributed by atoms with Gasteiger partial charge in [-0.1, -0.05) is 89.7 Å². The molecule has 3 heteroatoms. The lowest BCUT2D eigenvalue weighted by Crippen LogP contribution is -2.00. The van der Waals surface area contributed by atoms with Gasteiger partial charge in [0, 0.05) is 6.61 Å². The number of para-hydroxylation sites is 2. The van der Waals surface area contributed by atoms with Gasteiger partial charge in [0.15, 0.2) is 0 Å². The minimum Gasteiger partial charge on any atom is -0.491 e. The molecule has 0 aliphatic heterocycles. The minimum absolute atomic E-state index is 0.250. The molecule has 3 nitrogen and oxygen atoms in total. The summed E-state index contributed by atoms with van der Waals surface area (Å²) in [5.74, 6) is 0.825. The normalized spacial score (nSPS) is 10.2. The van der Waals surface area contributed by atoms with Crippen LogP contribution in [0.15, 0.2) is 24.3 Å². The smallest absolute Gasteiger partial charge is 0.142 e. The summed E-state index contributed by atoms with van der Waals surface area (Å²) < 4.78 is 5.70. The van der Waals surface area contributed by atoms with Crippen LogP contribution in [0.3, 0.4) is 0 Å². The monoisotopic (exact) mass is 351 g/mol. The van der Waals surface area contributed by atoms with E-state index in [1.54, 1.807) is 6.92 Å². The molecular formula is C22H41NO2. The second-order valence-electron chi connectivity index (χ2n) is 6.59. The number of aliphatic hydroxyl groups excluding tert-OH is 1. The predicted octanol–water partition coefficient (Wildman–Crippen LogP) is 6.35. The van der Waals surface area contributed by atoms with Crippen molar-refractivity contribution in [2.24, 2.45) is 0 Å². The van der Waals surface area contributed by atoms with Crippen LogP contribution < -0.4 is 10.5 Å². The summed E-state index contributed by atoms with van der Waals surface area (Å²) in [5, 5.41) is 7.57. The Bertz CT molecular complexity index is 382. The summed E-state index contributed by atoms with van der Waals surface area (Å²) in [5.41, 5.74) is 6.58. The highest BCUT2D eigenvalue weighted by molar-refractivity contribution is 5.51. The number of benzene rings is 1. The van der Waals surface area contributed by atoms with E-state index in [4.69, 9.17) is 15.6 Å². The highest BCUT2D eigenvalue weighted by Crippen LogP contribution is 2.20. The first-order valence-electron chi connectivity index (χ1n) is 10.3. The Kier molecular flexibility index (Phi) is 18.2. The maximum absolute atomic E-state index is 7.57. The van der Waals surface area contributed by atoms with Gasteiger partial charge >= 0.3 is 0 Å². The van der Waals surface area contributed by atoms with Gasteiger partial charge in [0.05, 0.1) is 12.3 Å². The van der Waals surface area contributed by atoms with E-state index in [0.717, 1.165) is 24.5 Å². The number of rotatable bonds is 14. The Labute approximate surface area is 156 Å². The van der Waals surface area contributed by atoms with E-state index in [0.29, 0.717) is 0 Å². The molecule has 0 fully saturated rings. The number of unbranched alkanes of at least 4 members (excludes halogenated alkanes) is 11. The molecule has 0 unspecified atom stereocenters. The van der Waals surface area contributed by atoms with Crippen LogP contribution in [-0.2, 0) is 0 Å². The first-order valence-corrected chi connectivity index (χ1v) is 10.3. The molecule has 0 saturated carbocycles. The number of hydrogen-bond donors (Lipinski definition) is 2. The quantitative estimate of drug-likeness (QED) is 0.303. The predicted molar refractivity (Wildman–Crippen MR) is 110 cm³/mol. The molecule has 0 spiro atoms. The molecule has 25 heavy (non-hydrogen) atoms. The van der Waals surface area contributed by atoms with Crippen molar-refractivity contribution >= 4 is 5.69 Å². The van der Waals surface area contributed by atoms with Crippen LogP contribution in [0.5, 0.6) is 5.75 Å². The molecule has 0 aromatic heterocycles. The molecule has 0 atom stereocenters. The molecule has 0 aliphatic carbocycles. The van der Waals surface area contributed by atoms with Gasteiger partial charge in [0.1, 0.15) is 5.75 Å². The second-order valence-corrected chi connectivity index (χ2v) is 6.59. The Morgan fingerprint density at radius 1 is 0.760 bits per heavy atom. The third-order valence-electron chi connectivity index (χ3n) is 4.17. The molecule has 1 aromatic carbocycles. The third-order valence-corrected chi connectivity index (χ3v) is 4.17. The van der Waals surface area contributed by atoms with Gasteiger partial charge in [0.2, 0.25) is 0 Å². The summed E-state index contributed by atoms with van der Waals surface area (Å²) in [7, 11) is 0. The standard InChI is InChI=1S/C20H35NO.C2H6O/c1-2-3-4-5-6-7-8-9-10-11-12-15-18-22-20-17-14-13-16-19(20)21;1-2-3/h13-14,16-17H,2-12,15,18,21H2,1H3;3H,2H2,1H3. The fourth-order valence-corrected chi connectivity index (χ4v) is 2.74. The van der Waals surface area contributed by atoms with Crippen molar-refractivity contribution in [2.45, 2.75) is 90.9 Å². The zero-order chi connectivity index (χ0) is 18.6. The van der Waals surface area contributed by atoms with E-state index in [-0.39, 0.29) is 6.61 Å². The van der Waals surface area contributed by atoms with Gasteiger partial charge < -0.3 is 15.6 Å². The zero-order valence-corrected chi connectivity index (χ0v) is 16.6. The largest absolute Gasteiger partial charge is 0.491 e. The molecular weight excluding hydrogens is 310 g/mol. The van der Waals surface area contributed by atoms with Crippen LogP contribution in [0.1, 0.15) is 90.9 Å². The van der Waals surface area contributed by atoms with Crippen LogP contribution in [-0.4, -0.2) is 18.3 Å². The van der Waals surface area contributed by atoms with E-state index >= 15 is 0 Å². The molecule has 0 bridgehead atoms. The number of aliphatic hydroxyl groups is 1. The SMILES string of the molecule is CCCCCCCCCCCCCCOc1ccccc1N.CCO. The van der Waals surface area contributed by atoms with Crippen molar-refractivity contribution < 1.29 is 9.84 Å². The molecule has 146 valence electrons. The summed E-state index contributed by atoms with van der Waals surface area (Å²) in [6.07, 6.45) is 16.4. The molecule has 0 amide bonds. The molecule has 1 aromatic rings. The number of hydrogen-bond acceptors (Lipinski definition) is 3. The van der Waals surface area contributed by atoms with Crippen molar-refractivity contribution in [3.63, 3.8) is 0 Å². The van der Waals surface area contributed by atoms with Crippen LogP contribution in [0.4, 0.5) is 5.69 Å². The minimum atomic E-state index is 0.250. The van der Waals surface area contributed by atoms with E-state index in [2.05, 4.69) is 6.92 Å². The van der Waals surface area contributed by atoms with Gasteiger partial charge in [-0.2, -0.15) is 0 Å². The van der Waals surface area contributed by atoms with E-state index < -0.39 is 0 Å². The lowest BCUT2D eigenvalue weighted by Gasteiger charge is -2.08. The highest BCUT2D eigenvalue weighted by atomic mass is 16.5. The van der Waals surface area contributed by atoms with Crippen LogP contribution in [0.25, 0.3) is 0 Å². The van der Waals surface area contributed by atoms with Crippen LogP contribution in [0, 0.1) is 0 Å². The van der Waals surface area contributed by atoms with Gasteiger partial charge in [-0.3, -0.25) is 0 Å². The molecule has 0 heterocycles. The fraction of sp³-hybridized carbons (Fsp3) is 0.727. The first-order chi connectivity index (χ1) is 12.3. The molecule has 0 aliphatic rings. The summed E-state index contributed by atoms with van der Waals surface area (Å²) in [6, 6.07) is 7.73. The first kappa shape index (κ1) is 23.8. The van der Waals surface area contributed by atoms with E-state index in [1.807, 2.05) is 24.3 Å². The molecule has 0 radical (unpaired) electrons. The maximum atomic E-state index is 7.57. The average molecular weight is 352 g/mol.